The molecular weight excluding hydrogens is 140 g/mol. The standard InChI is InChI=1S/C8H14N2O/c1-5-3-6(2)10-8(11)7(5)4-9/h5,7H,3-4,9H2,1-2H3. The second kappa shape index (κ2) is 3.13. The second-order valence-electron chi connectivity index (χ2n) is 3.21. The van der Waals surface area contributed by atoms with E-state index < -0.39 is 0 Å². The van der Waals surface area contributed by atoms with Crippen LogP contribution in [0.25, 0.3) is 0 Å². The summed E-state index contributed by atoms with van der Waals surface area (Å²) in [5.41, 5.74) is 6.38. The quantitative estimate of drug-likeness (QED) is 0.601. The lowest BCUT2D eigenvalue weighted by Gasteiger charge is -2.23. The van der Waals surface area contributed by atoms with Gasteiger partial charge in [-0.25, -0.2) is 4.99 Å². The van der Waals surface area contributed by atoms with Gasteiger partial charge >= 0.3 is 0 Å². The lowest BCUT2D eigenvalue weighted by Crippen LogP contribution is -2.33. The summed E-state index contributed by atoms with van der Waals surface area (Å²) in [4.78, 5) is 15.1. The number of carbonyl (C=O) groups excluding carboxylic acids is 1. The highest BCUT2D eigenvalue weighted by Crippen LogP contribution is 2.21. The molecule has 0 saturated heterocycles. The Morgan fingerprint density at radius 3 is 2.82 bits per heavy atom. The first-order valence-electron chi connectivity index (χ1n) is 3.93. The molecule has 0 spiro atoms. The van der Waals surface area contributed by atoms with Crippen molar-refractivity contribution in [2.45, 2.75) is 20.3 Å². The predicted molar refractivity (Wildman–Crippen MR) is 44.4 cm³/mol. The average molecular weight is 154 g/mol. The monoisotopic (exact) mass is 154 g/mol. The summed E-state index contributed by atoms with van der Waals surface area (Å²) in [7, 11) is 0. The molecule has 0 bridgehead atoms. The number of amides is 1. The van der Waals surface area contributed by atoms with Crippen molar-refractivity contribution in [3.8, 4) is 0 Å². The molecule has 1 heterocycles. The van der Waals surface area contributed by atoms with E-state index >= 15 is 0 Å². The van der Waals surface area contributed by atoms with Crippen molar-refractivity contribution in [1.82, 2.24) is 0 Å². The van der Waals surface area contributed by atoms with E-state index in [1.165, 1.54) is 0 Å². The summed E-state index contributed by atoms with van der Waals surface area (Å²) in [6.07, 6.45) is 0.910. The van der Waals surface area contributed by atoms with E-state index in [1.54, 1.807) is 0 Å². The summed E-state index contributed by atoms with van der Waals surface area (Å²) in [6, 6.07) is 0. The van der Waals surface area contributed by atoms with Crippen LogP contribution in [0.3, 0.4) is 0 Å². The number of aliphatic imine (C=N–C) groups is 1. The van der Waals surface area contributed by atoms with E-state index in [9.17, 15) is 4.79 Å². The van der Waals surface area contributed by atoms with Crippen molar-refractivity contribution in [2.24, 2.45) is 22.6 Å². The van der Waals surface area contributed by atoms with Gasteiger partial charge in [-0.2, -0.15) is 0 Å². The van der Waals surface area contributed by atoms with Gasteiger partial charge in [0.2, 0.25) is 5.91 Å². The third-order valence-corrected chi connectivity index (χ3v) is 2.18. The van der Waals surface area contributed by atoms with Crippen LogP contribution in [-0.2, 0) is 4.79 Å². The van der Waals surface area contributed by atoms with Crippen molar-refractivity contribution < 1.29 is 4.79 Å². The molecule has 2 atom stereocenters. The fourth-order valence-electron chi connectivity index (χ4n) is 1.50. The Kier molecular flexibility index (Phi) is 2.39. The third-order valence-electron chi connectivity index (χ3n) is 2.18. The number of hydrogen-bond acceptors (Lipinski definition) is 2. The number of hydrogen-bond donors (Lipinski definition) is 1. The molecule has 0 saturated carbocycles. The minimum atomic E-state index is -0.0429. The van der Waals surface area contributed by atoms with Crippen molar-refractivity contribution in [2.75, 3.05) is 6.54 Å². The van der Waals surface area contributed by atoms with Gasteiger partial charge in [0.1, 0.15) is 0 Å². The van der Waals surface area contributed by atoms with Gasteiger partial charge in [0.05, 0.1) is 5.92 Å². The zero-order valence-corrected chi connectivity index (χ0v) is 7.00. The minimum absolute atomic E-state index is 0.0382. The van der Waals surface area contributed by atoms with E-state index in [-0.39, 0.29) is 11.8 Å². The van der Waals surface area contributed by atoms with Crippen LogP contribution in [0.2, 0.25) is 0 Å². The normalized spacial score (nSPS) is 31.9. The van der Waals surface area contributed by atoms with Crippen LogP contribution in [-0.4, -0.2) is 18.2 Å². The average Bonchev–Trinajstić information content (AvgIpc) is 1.85. The van der Waals surface area contributed by atoms with Crippen LogP contribution < -0.4 is 5.73 Å². The van der Waals surface area contributed by atoms with E-state index in [0.717, 1.165) is 12.1 Å². The lowest BCUT2D eigenvalue weighted by atomic mass is 9.86. The van der Waals surface area contributed by atoms with Gasteiger partial charge in [-0.1, -0.05) is 6.92 Å². The molecule has 2 N–H and O–H groups in total. The summed E-state index contributed by atoms with van der Waals surface area (Å²) >= 11 is 0. The molecule has 0 aromatic rings. The molecule has 0 fully saturated rings. The first kappa shape index (κ1) is 8.40. The Morgan fingerprint density at radius 1 is 1.73 bits per heavy atom. The van der Waals surface area contributed by atoms with Gasteiger partial charge < -0.3 is 5.73 Å². The van der Waals surface area contributed by atoms with Crippen LogP contribution in [0, 0.1) is 11.8 Å². The fourth-order valence-corrected chi connectivity index (χ4v) is 1.50. The summed E-state index contributed by atoms with van der Waals surface area (Å²) in [5.74, 6) is 0.285. The van der Waals surface area contributed by atoms with E-state index in [2.05, 4.69) is 4.99 Å². The van der Waals surface area contributed by atoms with Gasteiger partial charge in [0.15, 0.2) is 0 Å². The molecule has 0 aliphatic carbocycles. The molecule has 1 aliphatic heterocycles. The molecule has 3 heteroatoms. The van der Waals surface area contributed by atoms with Crippen LogP contribution >= 0.6 is 0 Å². The maximum atomic E-state index is 11.2. The topological polar surface area (TPSA) is 55.5 Å². The molecule has 1 rings (SSSR count). The molecule has 0 aromatic carbocycles. The Bertz CT molecular complexity index is 198. The number of nitrogens with zero attached hydrogens (tertiary/aromatic N) is 1. The second-order valence-corrected chi connectivity index (χ2v) is 3.21. The van der Waals surface area contributed by atoms with Gasteiger partial charge in [-0.15, -0.1) is 0 Å². The zero-order chi connectivity index (χ0) is 8.43. The summed E-state index contributed by atoms with van der Waals surface area (Å²) in [5, 5.41) is 0. The molecule has 11 heavy (non-hydrogen) atoms. The summed E-state index contributed by atoms with van der Waals surface area (Å²) < 4.78 is 0. The van der Waals surface area contributed by atoms with E-state index in [1.807, 2.05) is 13.8 Å². The Morgan fingerprint density at radius 2 is 2.36 bits per heavy atom. The minimum Gasteiger partial charge on any atom is -0.330 e. The van der Waals surface area contributed by atoms with Crippen molar-refractivity contribution in [3.05, 3.63) is 0 Å². The van der Waals surface area contributed by atoms with E-state index in [4.69, 9.17) is 5.73 Å². The third kappa shape index (κ3) is 1.66. The number of nitrogens with two attached hydrogens (primary N) is 1. The molecule has 2 unspecified atom stereocenters. The largest absolute Gasteiger partial charge is 0.330 e. The van der Waals surface area contributed by atoms with Crippen LogP contribution in [0.4, 0.5) is 0 Å². The molecule has 0 aromatic heterocycles. The Balaban J connectivity index is 2.77. The molecule has 62 valence electrons. The van der Waals surface area contributed by atoms with Crippen LogP contribution in [0.15, 0.2) is 4.99 Å². The number of rotatable bonds is 1. The fraction of sp³-hybridized carbons (Fsp3) is 0.750. The highest BCUT2D eigenvalue weighted by Gasteiger charge is 2.27. The maximum Gasteiger partial charge on any atom is 0.250 e. The zero-order valence-electron chi connectivity index (χ0n) is 7.00. The highest BCUT2D eigenvalue weighted by atomic mass is 16.1. The van der Waals surface area contributed by atoms with Crippen LogP contribution in [0.1, 0.15) is 20.3 Å². The van der Waals surface area contributed by atoms with E-state index in [0.29, 0.717) is 12.5 Å². The Labute approximate surface area is 66.7 Å². The molecule has 3 nitrogen and oxygen atoms in total. The van der Waals surface area contributed by atoms with Crippen molar-refractivity contribution in [3.63, 3.8) is 0 Å². The van der Waals surface area contributed by atoms with Gasteiger partial charge in [0, 0.05) is 12.3 Å². The summed E-state index contributed by atoms with van der Waals surface area (Å²) in [6.45, 7) is 4.37. The lowest BCUT2D eigenvalue weighted by molar-refractivity contribution is -0.123. The van der Waals surface area contributed by atoms with Gasteiger partial charge in [0.25, 0.3) is 0 Å². The van der Waals surface area contributed by atoms with Crippen LogP contribution in [0.5, 0.6) is 0 Å². The first-order valence-corrected chi connectivity index (χ1v) is 3.93. The first-order chi connectivity index (χ1) is 5.15. The van der Waals surface area contributed by atoms with Crippen molar-refractivity contribution >= 4 is 11.6 Å². The molecular formula is C8H14N2O. The molecule has 0 radical (unpaired) electrons. The Hall–Kier alpha value is -0.700. The SMILES string of the molecule is CC1=NC(=O)C(CN)C(C)C1. The molecule has 1 amide bonds. The maximum absolute atomic E-state index is 11.2. The smallest absolute Gasteiger partial charge is 0.250 e. The predicted octanol–water partition coefficient (Wildman–Crippen LogP) is 0.589. The molecule has 1 aliphatic rings. The highest BCUT2D eigenvalue weighted by molar-refractivity contribution is 5.98. The number of carbonyl (C=O) groups is 1. The van der Waals surface area contributed by atoms with Gasteiger partial charge in [-0.05, 0) is 19.3 Å². The van der Waals surface area contributed by atoms with Crippen molar-refractivity contribution in [1.29, 1.82) is 0 Å². The van der Waals surface area contributed by atoms with Gasteiger partial charge in [-0.3, -0.25) is 4.79 Å².